The van der Waals surface area contributed by atoms with Crippen LogP contribution < -0.4 is 10.6 Å². The van der Waals surface area contributed by atoms with Crippen LogP contribution in [-0.2, 0) is 4.74 Å². The molecule has 0 heterocycles. The van der Waals surface area contributed by atoms with Crippen molar-refractivity contribution in [2.24, 2.45) is 5.92 Å². The first-order valence-corrected chi connectivity index (χ1v) is 5.98. The van der Waals surface area contributed by atoms with E-state index in [1.54, 1.807) is 7.11 Å². The fourth-order valence-corrected chi connectivity index (χ4v) is 1.76. The summed E-state index contributed by atoms with van der Waals surface area (Å²) < 4.78 is 4.90. The van der Waals surface area contributed by atoms with Gasteiger partial charge in [-0.1, -0.05) is 12.2 Å². The van der Waals surface area contributed by atoms with Gasteiger partial charge in [0.2, 0.25) is 0 Å². The maximum absolute atomic E-state index is 11.4. The van der Waals surface area contributed by atoms with Gasteiger partial charge in [-0.2, -0.15) is 0 Å². The van der Waals surface area contributed by atoms with Crippen LogP contribution in [0, 0.1) is 5.92 Å². The molecule has 16 heavy (non-hydrogen) atoms. The van der Waals surface area contributed by atoms with E-state index in [2.05, 4.69) is 22.8 Å². The van der Waals surface area contributed by atoms with E-state index in [9.17, 15) is 4.79 Å². The number of hydrogen-bond donors (Lipinski definition) is 2. The summed E-state index contributed by atoms with van der Waals surface area (Å²) in [4.78, 5) is 11.4. The molecule has 0 aromatic rings. The minimum Gasteiger partial charge on any atom is -0.385 e. The predicted octanol–water partition coefficient (Wildman–Crippen LogP) is 1.68. The first-order valence-electron chi connectivity index (χ1n) is 5.98. The molecular weight excluding hydrogens is 204 g/mol. The molecule has 1 aliphatic rings. The molecule has 0 aromatic carbocycles. The van der Waals surface area contributed by atoms with Crippen molar-refractivity contribution in [2.75, 3.05) is 26.8 Å². The van der Waals surface area contributed by atoms with Crippen LogP contribution in [0.15, 0.2) is 12.2 Å². The fourth-order valence-electron chi connectivity index (χ4n) is 1.76. The fraction of sp³-hybridized carbons (Fsp3) is 0.750. The van der Waals surface area contributed by atoms with Crippen molar-refractivity contribution in [1.82, 2.24) is 10.6 Å². The second-order valence-corrected chi connectivity index (χ2v) is 4.13. The minimum absolute atomic E-state index is 0.0642. The van der Waals surface area contributed by atoms with E-state index in [1.165, 1.54) is 6.42 Å². The molecule has 0 saturated heterocycles. The first kappa shape index (κ1) is 13.0. The lowest BCUT2D eigenvalue weighted by atomic mass is 9.94. The van der Waals surface area contributed by atoms with Gasteiger partial charge in [-0.15, -0.1) is 0 Å². The van der Waals surface area contributed by atoms with E-state index in [1.807, 2.05) is 0 Å². The highest BCUT2D eigenvalue weighted by molar-refractivity contribution is 5.73. The molecule has 4 heteroatoms. The Morgan fingerprint density at radius 1 is 1.44 bits per heavy atom. The zero-order valence-electron chi connectivity index (χ0n) is 10.00. The summed E-state index contributed by atoms with van der Waals surface area (Å²) in [5.41, 5.74) is 0. The zero-order valence-corrected chi connectivity index (χ0v) is 10.00. The maximum Gasteiger partial charge on any atom is 0.314 e. The summed E-state index contributed by atoms with van der Waals surface area (Å²) in [7, 11) is 1.66. The van der Waals surface area contributed by atoms with Crippen molar-refractivity contribution in [2.45, 2.75) is 25.7 Å². The summed E-state index contributed by atoms with van der Waals surface area (Å²) in [6.07, 6.45) is 8.68. The van der Waals surface area contributed by atoms with Crippen LogP contribution in [0.25, 0.3) is 0 Å². The molecule has 0 fully saturated rings. The number of nitrogens with one attached hydrogen (secondary N) is 2. The smallest absolute Gasteiger partial charge is 0.314 e. The van der Waals surface area contributed by atoms with Crippen LogP contribution in [-0.4, -0.2) is 32.8 Å². The lowest BCUT2D eigenvalue weighted by Gasteiger charge is -2.18. The molecule has 2 amide bonds. The normalized spacial score (nSPS) is 19.4. The van der Waals surface area contributed by atoms with Gasteiger partial charge in [0.1, 0.15) is 0 Å². The van der Waals surface area contributed by atoms with Crippen molar-refractivity contribution in [3.63, 3.8) is 0 Å². The van der Waals surface area contributed by atoms with E-state index >= 15 is 0 Å². The summed E-state index contributed by atoms with van der Waals surface area (Å²) in [6, 6.07) is -0.0642. The van der Waals surface area contributed by atoms with Gasteiger partial charge < -0.3 is 15.4 Å². The molecule has 4 nitrogen and oxygen atoms in total. The molecule has 0 aromatic heterocycles. The quantitative estimate of drug-likeness (QED) is 0.535. The molecular formula is C12H22N2O2. The van der Waals surface area contributed by atoms with E-state index in [0.717, 1.165) is 25.8 Å². The number of hydrogen-bond acceptors (Lipinski definition) is 2. The predicted molar refractivity (Wildman–Crippen MR) is 64.4 cm³/mol. The third kappa shape index (κ3) is 5.75. The summed E-state index contributed by atoms with van der Waals surface area (Å²) in [5, 5.41) is 5.71. The number of carbonyl (C=O) groups excluding carboxylic acids is 1. The van der Waals surface area contributed by atoms with E-state index in [-0.39, 0.29) is 6.03 Å². The molecule has 0 bridgehead atoms. The number of allylic oxidation sites excluding steroid dienone is 2. The largest absolute Gasteiger partial charge is 0.385 e. The number of methoxy groups -OCH3 is 1. The number of amides is 2. The highest BCUT2D eigenvalue weighted by atomic mass is 16.5. The summed E-state index contributed by atoms with van der Waals surface area (Å²) >= 11 is 0. The Hall–Kier alpha value is -1.03. The number of carbonyl (C=O) groups is 1. The van der Waals surface area contributed by atoms with Crippen LogP contribution in [0.4, 0.5) is 4.79 Å². The Labute approximate surface area is 97.4 Å². The average molecular weight is 226 g/mol. The van der Waals surface area contributed by atoms with Gasteiger partial charge in [0.05, 0.1) is 0 Å². The zero-order chi connectivity index (χ0) is 11.6. The third-order valence-electron chi connectivity index (χ3n) is 2.74. The highest BCUT2D eigenvalue weighted by Gasteiger charge is 2.10. The Bertz CT molecular complexity index is 229. The topological polar surface area (TPSA) is 50.4 Å². The molecule has 1 unspecified atom stereocenters. The van der Waals surface area contributed by atoms with Crippen LogP contribution in [0.2, 0.25) is 0 Å². The summed E-state index contributed by atoms with van der Waals surface area (Å²) in [6.45, 7) is 2.14. The van der Waals surface area contributed by atoms with E-state index < -0.39 is 0 Å². The second-order valence-electron chi connectivity index (χ2n) is 4.13. The minimum atomic E-state index is -0.0642. The lowest BCUT2D eigenvalue weighted by molar-refractivity contribution is 0.193. The summed E-state index contributed by atoms with van der Waals surface area (Å²) in [5.74, 6) is 0.606. The van der Waals surface area contributed by atoms with Crippen molar-refractivity contribution in [3.8, 4) is 0 Å². The molecule has 0 aliphatic heterocycles. The Morgan fingerprint density at radius 3 is 3.00 bits per heavy atom. The molecule has 0 spiro atoms. The molecule has 92 valence electrons. The molecule has 0 radical (unpaired) electrons. The van der Waals surface area contributed by atoms with Crippen molar-refractivity contribution in [3.05, 3.63) is 12.2 Å². The van der Waals surface area contributed by atoms with Gasteiger partial charge in [-0.25, -0.2) is 4.79 Å². The Morgan fingerprint density at radius 2 is 2.31 bits per heavy atom. The third-order valence-corrected chi connectivity index (χ3v) is 2.74. The highest BCUT2D eigenvalue weighted by Crippen LogP contribution is 2.16. The van der Waals surface area contributed by atoms with Crippen LogP contribution in [0.3, 0.4) is 0 Å². The van der Waals surface area contributed by atoms with Crippen molar-refractivity contribution < 1.29 is 9.53 Å². The van der Waals surface area contributed by atoms with Crippen LogP contribution in [0.5, 0.6) is 0 Å². The maximum atomic E-state index is 11.4. The first-order chi connectivity index (χ1) is 7.83. The monoisotopic (exact) mass is 226 g/mol. The molecule has 1 atom stereocenters. The van der Waals surface area contributed by atoms with Crippen molar-refractivity contribution in [1.29, 1.82) is 0 Å². The number of urea groups is 1. The average Bonchev–Trinajstić information content (AvgIpc) is 2.33. The van der Waals surface area contributed by atoms with Gasteiger partial charge in [-0.3, -0.25) is 0 Å². The van der Waals surface area contributed by atoms with E-state index in [0.29, 0.717) is 19.1 Å². The number of rotatable bonds is 6. The van der Waals surface area contributed by atoms with Gasteiger partial charge in [-0.05, 0) is 31.6 Å². The van der Waals surface area contributed by atoms with Gasteiger partial charge in [0, 0.05) is 26.8 Å². The number of ether oxygens (including phenoxy) is 1. The SMILES string of the molecule is COCCCNC(=O)NCC1CC=CCC1. The van der Waals surface area contributed by atoms with Gasteiger partial charge in [0.25, 0.3) is 0 Å². The van der Waals surface area contributed by atoms with Crippen LogP contribution in [0.1, 0.15) is 25.7 Å². The lowest BCUT2D eigenvalue weighted by Crippen LogP contribution is -2.39. The standard InChI is InChI=1S/C12H22N2O2/c1-16-9-5-8-13-12(15)14-10-11-6-3-2-4-7-11/h2-3,11H,4-10H2,1H3,(H2,13,14,15). The Balaban J connectivity index is 1.99. The second kappa shape index (κ2) is 8.16. The molecule has 0 saturated carbocycles. The van der Waals surface area contributed by atoms with Gasteiger partial charge >= 0.3 is 6.03 Å². The Kier molecular flexibility index (Phi) is 6.65. The van der Waals surface area contributed by atoms with Crippen molar-refractivity contribution >= 4 is 6.03 Å². The van der Waals surface area contributed by atoms with Crippen LogP contribution >= 0.6 is 0 Å². The van der Waals surface area contributed by atoms with Gasteiger partial charge in [0.15, 0.2) is 0 Å². The van der Waals surface area contributed by atoms with E-state index in [4.69, 9.17) is 4.74 Å². The molecule has 2 N–H and O–H groups in total. The molecule has 1 aliphatic carbocycles. The molecule has 1 rings (SSSR count).